The van der Waals surface area contributed by atoms with Gasteiger partial charge in [-0.2, -0.15) is 4.98 Å². The number of carbonyl (C=O) groups is 1. The average Bonchev–Trinajstić information content (AvgIpc) is 3.03. The highest BCUT2D eigenvalue weighted by atomic mass is 16.2. The van der Waals surface area contributed by atoms with E-state index in [1.165, 1.54) is 30.8 Å². The summed E-state index contributed by atoms with van der Waals surface area (Å²) < 4.78 is 4.40. The van der Waals surface area contributed by atoms with Crippen molar-refractivity contribution in [3.05, 3.63) is 20.8 Å². The predicted octanol–water partition coefficient (Wildman–Crippen LogP) is 1.27. The topological polar surface area (TPSA) is 82.1 Å². The first kappa shape index (κ1) is 18.0. The number of fused-ring (bicyclic) bond motifs is 3. The van der Waals surface area contributed by atoms with Crippen molar-refractivity contribution in [3.63, 3.8) is 0 Å². The fourth-order valence-corrected chi connectivity index (χ4v) is 4.61. The summed E-state index contributed by atoms with van der Waals surface area (Å²) in [5.41, 5.74) is -0.0643. The van der Waals surface area contributed by atoms with Gasteiger partial charge in [-0.3, -0.25) is 18.7 Å². The summed E-state index contributed by atoms with van der Waals surface area (Å²) in [5.74, 6) is 0.960. The Balaban J connectivity index is 1.94. The number of nitrogens with zero attached hydrogens (tertiary/aromatic N) is 5. The molecule has 1 saturated carbocycles. The normalized spacial score (nSPS) is 20.9. The van der Waals surface area contributed by atoms with Gasteiger partial charge < -0.3 is 9.47 Å². The van der Waals surface area contributed by atoms with Crippen LogP contribution in [0.1, 0.15) is 46.0 Å². The van der Waals surface area contributed by atoms with Crippen molar-refractivity contribution in [1.29, 1.82) is 0 Å². The van der Waals surface area contributed by atoms with Gasteiger partial charge in [0, 0.05) is 26.2 Å². The summed E-state index contributed by atoms with van der Waals surface area (Å²) in [6, 6.07) is 0.438. The lowest BCUT2D eigenvalue weighted by atomic mass is 9.93. The SMILES string of the molecule is CC(=O)Cn1c(=O)c2c(nc3n2C[C@@H](C)CN3C2CCCCC2)n(C)c1=O. The lowest BCUT2D eigenvalue weighted by molar-refractivity contribution is -0.117. The third-order valence-corrected chi connectivity index (χ3v) is 5.87. The molecule has 8 nitrogen and oxygen atoms in total. The van der Waals surface area contributed by atoms with Gasteiger partial charge in [-0.05, 0) is 25.7 Å². The highest BCUT2D eigenvalue weighted by molar-refractivity contribution is 5.77. The molecule has 2 aromatic heterocycles. The number of hydrogen-bond donors (Lipinski definition) is 0. The first-order valence-corrected chi connectivity index (χ1v) is 9.84. The van der Waals surface area contributed by atoms with Crippen molar-refractivity contribution in [2.45, 2.75) is 65.1 Å². The van der Waals surface area contributed by atoms with E-state index in [2.05, 4.69) is 11.8 Å². The monoisotopic (exact) mass is 373 g/mol. The van der Waals surface area contributed by atoms with Crippen LogP contribution in [0.25, 0.3) is 11.2 Å². The van der Waals surface area contributed by atoms with Crippen molar-refractivity contribution >= 4 is 22.9 Å². The fraction of sp³-hybridized carbons (Fsp3) is 0.684. The summed E-state index contributed by atoms with van der Waals surface area (Å²) in [5, 5.41) is 0. The molecule has 27 heavy (non-hydrogen) atoms. The Bertz CT molecular complexity index is 1010. The molecule has 146 valence electrons. The molecular weight excluding hydrogens is 346 g/mol. The van der Waals surface area contributed by atoms with Gasteiger partial charge in [-0.15, -0.1) is 0 Å². The Morgan fingerprint density at radius 3 is 2.52 bits per heavy atom. The van der Waals surface area contributed by atoms with Crippen LogP contribution in [-0.2, 0) is 24.9 Å². The molecular formula is C19H27N5O3. The molecule has 0 N–H and O–H groups in total. The van der Waals surface area contributed by atoms with Crippen LogP contribution in [0.2, 0.25) is 0 Å². The van der Waals surface area contributed by atoms with E-state index in [-0.39, 0.29) is 12.3 Å². The van der Waals surface area contributed by atoms with Gasteiger partial charge in [0.2, 0.25) is 5.95 Å². The van der Waals surface area contributed by atoms with Gasteiger partial charge in [0.15, 0.2) is 11.2 Å². The molecule has 2 aromatic rings. The molecule has 2 aliphatic rings. The van der Waals surface area contributed by atoms with Crippen molar-refractivity contribution in [1.82, 2.24) is 18.7 Å². The minimum atomic E-state index is -0.490. The first-order chi connectivity index (χ1) is 12.9. The van der Waals surface area contributed by atoms with E-state index in [9.17, 15) is 14.4 Å². The maximum atomic E-state index is 13.1. The van der Waals surface area contributed by atoms with E-state index in [0.29, 0.717) is 29.7 Å². The number of imidazole rings is 1. The molecule has 0 aromatic carbocycles. The highest BCUT2D eigenvalue weighted by Crippen LogP contribution is 2.32. The second-order valence-electron chi connectivity index (χ2n) is 8.18. The van der Waals surface area contributed by atoms with E-state index in [4.69, 9.17) is 4.98 Å². The molecule has 0 saturated heterocycles. The number of carbonyl (C=O) groups excluding carboxylic acids is 1. The van der Waals surface area contributed by atoms with Crippen LogP contribution < -0.4 is 16.1 Å². The van der Waals surface area contributed by atoms with Gasteiger partial charge in [-0.1, -0.05) is 26.2 Å². The Kier molecular flexibility index (Phi) is 4.44. The summed E-state index contributed by atoms with van der Waals surface area (Å²) >= 11 is 0. The molecule has 0 amide bonds. The third kappa shape index (κ3) is 2.91. The van der Waals surface area contributed by atoms with Crippen LogP contribution >= 0.6 is 0 Å². The molecule has 0 radical (unpaired) electrons. The van der Waals surface area contributed by atoms with Crippen LogP contribution in [0.4, 0.5) is 5.95 Å². The van der Waals surface area contributed by atoms with Gasteiger partial charge in [0.1, 0.15) is 5.78 Å². The van der Waals surface area contributed by atoms with Crippen molar-refractivity contribution < 1.29 is 4.79 Å². The number of rotatable bonds is 3. The second-order valence-corrected chi connectivity index (χ2v) is 8.18. The zero-order chi connectivity index (χ0) is 19.3. The average molecular weight is 373 g/mol. The van der Waals surface area contributed by atoms with Crippen molar-refractivity contribution in [3.8, 4) is 0 Å². The number of hydrogen-bond acceptors (Lipinski definition) is 5. The van der Waals surface area contributed by atoms with Crippen LogP contribution in [0.5, 0.6) is 0 Å². The molecule has 0 unspecified atom stereocenters. The quantitative estimate of drug-likeness (QED) is 0.809. The molecule has 4 rings (SSSR count). The molecule has 1 atom stereocenters. The molecule has 1 fully saturated rings. The second kappa shape index (κ2) is 6.65. The van der Waals surface area contributed by atoms with Crippen LogP contribution in [0.3, 0.4) is 0 Å². The van der Waals surface area contributed by atoms with E-state index in [0.717, 1.165) is 29.9 Å². The standard InChI is InChI=1S/C19H27N5O3/c1-12-9-22(14-7-5-4-6-8-14)18-20-16-15(23(18)10-12)17(26)24(11-13(2)25)19(27)21(16)3/h12,14H,4-11H2,1-3H3/t12-/m0/s1. The summed E-state index contributed by atoms with van der Waals surface area (Å²) in [6.45, 7) is 4.98. The minimum Gasteiger partial charge on any atom is -0.339 e. The van der Waals surface area contributed by atoms with E-state index in [1.807, 2.05) is 4.57 Å². The van der Waals surface area contributed by atoms with Gasteiger partial charge in [0.25, 0.3) is 5.56 Å². The summed E-state index contributed by atoms with van der Waals surface area (Å²) in [7, 11) is 1.62. The summed E-state index contributed by atoms with van der Waals surface area (Å²) in [4.78, 5) is 44.3. The molecule has 1 aliphatic carbocycles. The Morgan fingerprint density at radius 2 is 1.85 bits per heavy atom. The Morgan fingerprint density at radius 1 is 1.15 bits per heavy atom. The molecule has 8 heteroatoms. The van der Waals surface area contributed by atoms with Gasteiger partial charge >= 0.3 is 5.69 Å². The fourth-order valence-electron chi connectivity index (χ4n) is 4.61. The highest BCUT2D eigenvalue weighted by Gasteiger charge is 2.33. The Hall–Kier alpha value is -2.38. The maximum absolute atomic E-state index is 13.1. The largest absolute Gasteiger partial charge is 0.339 e. The van der Waals surface area contributed by atoms with Crippen molar-refractivity contribution in [2.75, 3.05) is 11.4 Å². The first-order valence-electron chi connectivity index (χ1n) is 9.84. The minimum absolute atomic E-state index is 0.205. The molecule has 3 heterocycles. The smallest absolute Gasteiger partial charge is 0.332 e. The van der Waals surface area contributed by atoms with Gasteiger partial charge in [-0.25, -0.2) is 4.79 Å². The van der Waals surface area contributed by atoms with Crippen molar-refractivity contribution in [2.24, 2.45) is 13.0 Å². The molecule has 0 bridgehead atoms. The molecule has 1 aliphatic heterocycles. The number of ketones is 1. The maximum Gasteiger partial charge on any atom is 0.332 e. The van der Waals surface area contributed by atoms with E-state index in [1.54, 1.807) is 7.05 Å². The predicted molar refractivity (Wildman–Crippen MR) is 103 cm³/mol. The zero-order valence-electron chi connectivity index (χ0n) is 16.3. The van der Waals surface area contributed by atoms with Gasteiger partial charge in [0.05, 0.1) is 6.54 Å². The van der Waals surface area contributed by atoms with Crippen LogP contribution in [0, 0.1) is 5.92 Å². The third-order valence-electron chi connectivity index (χ3n) is 5.87. The van der Waals surface area contributed by atoms with Crippen LogP contribution in [-0.4, -0.2) is 37.1 Å². The lowest BCUT2D eigenvalue weighted by Crippen LogP contribution is -2.45. The Labute approximate surface area is 157 Å². The van der Waals surface area contributed by atoms with E-state index >= 15 is 0 Å². The zero-order valence-corrected chi connectivity index (χ0v) is 16.3. The lowest BCUT2D eigenvalue weighted by Gasteiger charge is -2.40. The summed E-state index contributed by atoms with van der Waals surface area (Å²) in [6.07, 6.45) is 6.01. The number of aromatic nitrogens is 4. The molecule has 0 spiro atoms. The van der Waals surface area contributed by atoms with Crippen LogP contribution in [0.15, 0.2) is 9.59 Å². The number of Topliss-reactive ketones (excluding diaryl/α,β-unsaturated/α-hetero) is 1. The number of anilines is 1. The van der Waals surface area contributed by atoms with E-state index < -0.39 is 11.2 Å². The number of aryl methyl sites for hydroxylation is 1.